The smallest absolute Gasteiger partial charge is 0.230 e. The van der Waals surface area contributed by atoms with Gasteiger partial charge in [-0.15, -0.1) is 16.4 Å². The van der Waals surface area contributed by atoms with E-state index in [4.69, 9.17) is 0 Å². The van der Waals surface area contributed by atoms with E-state index in [1.807, 2.05) is 36.6 Å². The third-order valence-corrected chi connectivity index (χ3v) is 6.16. The molecule has 0 saturated heterocycles. The number of hydrogen-bond donors (Lipinski definition) is 2. The van der Waals surface area contributed by atoms with Crippen molar-refractivity contribution in [2.75, 3.05) is 5.75 Å². The number of thiophene rings is 1. The SMILES string of the molecule is CC(NC(=O)CSc1n[nH]c(Cc2cccs2)n1)c1cccc2ccccc12. The molecule has 0 aliphatic heterocycles. The maximum absolute atomic E-state index is 12.4. The molecule has 2 aromatic carbocycles. The molecule has 5 nitrogen and oxygen atoms in total. The lowest BCUT2D eigenvalue weighted by Crippen LogP contribution is -2.28. The summed E-state index contributed by atoms with van der Waals surface area (Å²) in [5.74, 6) is 1.07. The molecule has 1 unspecified atom stereocenters. The second kappa shape index (κ2) is 8.58. The Morgan fingerprint density at radius 1 is 1.18 bits per heavy atom. The number of nitrogens with one attached hydrogen (secondary N) is 2. The van der Waals surface area contributed by atoms with Crippen LogP contribution in [0.25, 0.3) is 10.8 Å². The number of nitrogens with zero attached hydrogens (tertiary/aromatic N) is 2. The molecule has 0 fully saturated rings. The molecule has 2 N–H and O–H groups in total. The Bertz CT molecular complexity index is 1070. The van der Waals surface area contributed by atoms with Crippen molar-refractivity contribution in [3.05, 3.63) is 76.2 Å². The number of rotatable bonds is 7. The lowest BCUT2D eigenvalue weighted by molar-refractivity contribution is -0.119. The van der Waals surface area contributed by atoms with Crippen LogP contribution in [-0.2, 0) is 11.2 Å². The minimum Gasteiger partial charge on any atom is -0.349 e. The van der Waals surface area contributed by atoms with Crippen LogP contribution >= 0.6 is 23.1 Å². The number of fused-ring (bicyclic) bond motifs is 1. The quantitative estimate of drug-likeness (QED) is 0.439. The summed E-state index contributed by atoms with van der Waals surface area (Å²) in [6, 6.07) is 18.4. The van der Waals surface area contributed by atoms with Crippen LogP contribution in [0.1, 0.15) is 29.2 Å². The summed E-state index contributed by atoms with van der Waals surface area (Å²) >= 11 is 3.03. The molecule has 4 aromatic rings. The van der Waals surface area contributed by atoms with Gasteiger partial charge in [-0.05, 0) is 34.7 Å². The van der Waals surface area contributed by atoms with Crippen LogP contribution < -0.4 is 5.32 Å². The van der Waals surface area contributed by atoms with Crippen LogP contribution in [0.2, 0.25) is 0 Å². The van der Waals surface area contributed by atoms with Gasteiger partial charge >= 0.3 is 0 Å². The summed E-state index contributed by atoms with van der Waals surface area (Å²) in [6.45, 7) is 2.01. The van der Waals surface area contributed by atoms with Crippen molar-refractivity contribution < 1.29 is 4.79 Å². The number of carbonyl (C=O) groups excluding carboxylic acids is 1. The third-order valence-electron chi connectivity index (χ3n) is 4.43. The third kappa shape index (κ3) is 4.43. The van der Waals surface area contributed by atoms with Crippen molar-refractivity contribution in [3.8, 4) is 0 Å². The first kappa shape index (κ1) is 18.7. The van der Waals surface area contributed by atoms with E-state index >= 15 is 0 Å². The molecular formula is C21H20N4OS2. The van der Waals surface area contributed by atoms with E-state index < -0.39 is 0 Å². The predicted octanol–water partition coefficient (Wildman–Crippen LogP) is 4.58. The van der Waals surface area contributed by atoms with E-state index in [0.29, 0.717) is 5.16 Å². The Labute approximate surface area is 171 Å². The predicted molar refractivity (Wildman–Crippen MR) is 115 cm³/mol. The van der Waals surface area contributed by atoms with Crippen LogP contribution in [0.4, 0.5) is 0 Å². The van der Waals surface area contributed by atoms with E-state index in [2.05, 4.69) is 50.8 Å². The molecule has 0 spiro atoms. The fourth-order valence-electron chi connectivity index (χ4n) is 3.12. The zero-order valence-electron chi connectivity index (χ0n) is 15.4. The molecule has 142 valence electrons. The Balaban J connectivity index is 1.33. The largest absolute Gasteiger partial charge is 0.349 e. The first-order valence-corrected chi connectivity index (χ1v) is 10.9. The standard InChI is InChI=1S/C21H20N4OS2/c1-14(17-10-4-7-15-6-2-3-9-18(15)17)22-20(26)13-28-21-23-19(24-25-21)12-16-8-5-11-27-16/h2-11,14H,12-13H2,1H3,(H,22,26)(H,23,24,25). The van der Waals surface area contributed by atoms with Crippen molar-refractivity contribution in [1.82, 2.24) is 20.5 Å². The molecule has 28 heavy (non-hydrogen) atoms. The zero-order chi connectivity index (χ0) is 19.3. The van der Waals surface area contributed by atoms with E-state index in [0.717, 1.165) is 23.2 Å². The topological polar surface area (TPSA) is 70.7 Å². The molecule has 4 rings (SSSR count). The van der Waals surface area contributed by atoms with Gasteiger partial charge in [0.15, 0.2) is 0 Å². The Hall–Kier alpha value is -2.64. The van der Waals surface area contributed by atoms with E-state index in [-0.39, 0.29) is 17.7 Å². The lowest BCUT2D eigenvalue weighted by atomic mass is 10.00. The van der Waals surface area contributed by atoms with Crippen molar-refractivity contribution in [2.45, 2.75) is 24.5 Å². The van der Waals surface area contributed by atoms with Gasteiger partial charge in [0, 0.05) is 11.3 Å². The van der Waals surface area contributed by atoms with Gasteiger partial charge in [-0.3, -0.25) is 9.89 Å². The van der Waals surface area contributed by atoms with Crippen molar-refractivity contribution in [1.29, 1.82) is 0 Å². The minimum absolute atomic E-state index is 0.0324. The van der Waals surface area contributed by atoms with Crippen molar-refractivity contribution in [2.24, 2.45) is 0 Å². The van der Waals surface area contributed by atoms with Gasteiger partial charge in [0.25, 0.3) is 0 Å². The highest BCUT2D eigenvalue weighted by molar-refractivity contribution is 7.99. The molecule has 7 heteroatoms. The van der Waals surface area contributed by atoms with Gasteiger partial charge in [0.05, 0.1) is 11.8 Å². The van der Waals surface area contributed by atoms with Gasteiger partial charge in [0.2, 0.25) is 11.1 Å². The fraction of sp³-hybridized carbons (Fsp3) is 0.190. The molecule has 0 radical (unpaired) electrons. The second-order valence-corrected chi connectivity index (χ2v) is 8.44. The average Bonchev–Trinajstić information content (AvgIpc) is 3.38. The summed E-state index contributed by atoms with van der Waals surface area (Å²) in [4.78, 5) is 18.1. The minimum atomic E-state index is -0.0688. The Morgan fingerprint density at radius 3 is 2.89 bits per heavy atom. The van der Waals surface area contributed by atoms with E-state index in [9.17, 15) is 4.79 Å². The summed E-state index contributed by atoms with van der Waals surface area (Å²) in [5, 5.41) is 15.2. The maximum atomic E-state index is 12.4. The number of amides is 1. The monoisotopic (exact) mass is 408 g/mol. The normalized spacial score (nSPS) is 12.2. The highest BCUT2D eigenvalue weighted by Crippen LogP contribution is 2.24. The van der Waals surface area contributed by atoms with Gasteiger partial charge in [0.1, 0.15) is 5.82 Å². The van der Waals surface area contributed by atoms with Crippen LogP contribution in [-0.4, -0.2) is 26.8 Å². The number of aromatic nitrogens is 3. The van der Waals surface area contributed by atoms with Crippen LogP contribution in [0.3, 0.4) is 0 Å². The number of hydrogen-bond acceptors (Lipinski definition) is 5. The molecule has 1 amide bonds. The number of carbonyl (C=O) groups is 1. The van der Waals surface area contributed by atoms with Gasteiger partial charge < -0.3 is 5.32 Å². The molecule has 0 aliphatic rings. The Kier molecular flexibility index (Phi) is 5.73. The lowest BCUT2D eigenvalue weighted by Gasteiger charge is -2.16. The summed E-state index contributed by atoms with van der Waals surface area (Å²) in [7, 11) is 0. The molecular weight excluding hydrogens is 388 g/mol. The molecule has 0 saturated carbocycles. The fourth-order valence-corrected chi connectivity index (χ4v) is 4.46. The molecule has 0 aliphatic carbocycles. The summed E-state index contributed by atoms with van der Waals surface area (Å²) < 4.78 is 0. The van der Waals surface area contributed by atoms with Crippen LogP contribution in [0.15, 0.2) is 65.1 Å². The average molecular weight is 409 g/mol. The first-order valence-electron chi connectivity index (χ1n) is 9.02. The van der Waals surface area contributed by atoms with E-state index in [1.54, 1.807) is 11.3 Å². The summed E-state index contributed by atoms with van der Waals surface area (Å²) in [5.41, 5.74) is 1.12. The second-order valence-electron chi connectivity index (χ2n) is 6.47. The molecule has 1 atom stereocenters. The number of aromatic amines is 1. The van der Waals surface area contributed by atoms with Crippen LogP contribution in [0, 0.1) is 0 Å². The molecule has 2 heterocycles. The van der Waals surface area contributed by atoms with Gasteiger partial charge in [-0.2, -0.15) is 0 Å². The van der Waals surface area contributed by atoms with Crippen LogP contribution in [0.5, 0.6) is 0 Å². The number of benzene rings is 2. The highest BCUT2D eigenvalue weighted by Gasteiger charge is 2.14. The van der Waals surface area contributed by atoms with Crippen molar-refractivity contribution >= 4 is 39.8 Å². The van der Waals surface area contributed by atoms with Gasteiger partial charge in [-0.1, -0.05) is 60.3 Å². The molecule has 0 bridgehead atoms. The maximum Gasteiger partial charge on any atom is 0.230 e. The summed E-state index contributed by atoms with van der Waals surface area (Å²) in [6.07, 6.45) is 0.732. The highest BCUT2D eigenvalue weighted by atomic mass is 32.2. The molecule has 2 aromatic heterocycles. The number of thioether (sulfide) groups is 1. The first-order chi connectivity index (χ1) is 13.7. The van der Waals surface area contributed by atoms with E-state index in [1.165, 1.54) is 22.0 Å². The zero-order valence-corrected chi connectivity index (χ0v) is 17.0. The Morgan fingerprint density at radius 2 is 2.04 bits per heavy atom. The van der Waals surface area contributed by atoms with Crippen molar-refractivity contribution in [3.63, 3.8) is 0 Å². The number of H-pyrrole nitrogens is 1. The van der Waals surface area contributed by atoms with Gasteiger partial charge in [-0.25, -0.2) is 4.98 Å².